The normalized spacial score (nSPS) is 29.5. The first-order valence-corrected chi connectivity index (χ1v) is 7.59. The van der Waals surface area contributed by atoms with Crippen LogP contribution >= 0.6 is 0 Å². The summed E-state index contributed by atoms with van der Waals surface area (Å²) in [5.41, 5.74) is 3.88. The fraction of sp³-hybridized carbons (Fsp3) is 0.867. The highest BCUT2D eigenvalue weighted by molar-refractivity contribution is 5.90. The highest BCUT2D eigenvalue weighted by Crippen LogP contribution is 2.35. The van der Waals surface area contributed by atoms with E-state index in [0.29, 0.717) is 25.2 Å². The van der Waals surface area contributed by atoms with Crippen molar-refractivity contribution in [1.29, 1.82) is 0 Å². The van der Waals surface area contributed by atoms with Crippen LogP contribution in [-0.2, 0) is 9.59 Å². The zero-order chi connectivity index (χ0) is 15.4. The molecule has 1 aliphatic rings. The van der Waals surface area contributed by atoms with Gasteiger partial charge in [0.2, 0.25) is 5.91 Å². The number of carbonyl (C=O) groups is 2. The van der Waals surface area contributed by atoms with Crippen molar-refractivity contribution >= 4 is 11.9 Å². The smallest absolute Gasteiger partial charge is 0.329 e. The molecule has 0 aromatic heterocycles. The van der Waals surface area contributed by atoms with Gasteiger partial charge in [0.15, 0.2) is 0 Å². The second-order valence-corrected chi connectivity index (χ2v) is 6.31. The number of carboxylic acid groups (broad SMARTS) is 1. The number of carbonyl (C=O) groups excluding carboxylic acids is 1. The molecule has 5 heteroatoms. The Balaban J connectivity index is 2.84. The van der Waals surface area contributed by atoms with Gasteiger partial charge in [0.25, 0.3) is 0 Å². The van der Waals surface area contributed by atoms with Gasteiger partial charge in [-0.1, -0.05) is 20.3 Å². The van der Waals surface area contributed by atoms with Crippen LogP contribution in [0, 0.1) is 11.3 Å². The Morgan fingerprint density at radius 2 is 1.90 bits per heavy atom. The highest BCUT2D eigenvalue weighted by Gasteiger charge is 2.45. The molecule has 0 saturated heterocycles. The van der Waals surface area contributed by atoms with Crippen molar-refractivity contribution < 1.29 is 14.7 Å². The van der Waals surface area contributed by atoms with E-state index in [1.807, 2.05) is 6.92 Å². The maximum atomic E-state index is 12.4. The molecule has 0 heterocycles. The molecule has 5 nitrogen and oxygen atoms in total. The molecule has 4 N–H and O–H groups in total. The Bertz CT molecular complexity index is 356. The van der Waals surface area contributed by atoms with Crippen LogP contribution in [0.25, 0.3) is 0 Å². The van der Waals surface area contributed by atoms with Crippen LogP contribution in [0.1, 0.15) is 59.3 Å². The van der Waals surface area contributed by atoms with Crippen molar-refractivity contribution in [1.82, 2.24) is 5.32 Å². The molecule has 0 radical (unpaired) electrons. The molecule has 1 aliphatic carbocycles. The average molecular weight is 284 g/mol. The molecule has 1 amide bonds. The second kappa shape index (κ2) is 6.57. The number of aliphatic carboxylic acids is 1. The van der Waals surface area contributed by atoms with Crippen LogP contribution in [0.4, 0.5) is 0 Å². The van der Waals surface area contributed by atoms with E-state index in [1.165, 1.54) is 0 Å². The standard InChI is InChI=1S/C15H28N2O3/c1-4-11-6-8-15(9-7-11,13(19)20)17-12(18)14(3,5-2)10-16/h11H,4-10,16H2,1-3H3,(H,17,18)(H,19,20). The van der Waals surface area contributed by atoms with Crippen molar-refractivity contribution in [2.24, 2.45) is 17.1 Å². The van der Waals surface area contributed by atoms with E-state index in [2.05, 4.69) is 12.2 Å². The van der Waals surface area contributed by atoms with E-state index in [1.54, 1.807) is 6.92 Å². The molecule has 1 unspecified atom stereocenters. The predicted molar refractivity (Wildman–Crippen MR) is 78.2 cm³/mol. The van der Waals surface area contributed by atoms with Gasteiger partial charge in [0.1, 0.15) is 5.54 Å². The van der Waals surface area contributed by atoms with E-state index in [4.69, 9.17) is 5.73 Å². The number of rotatable bonds is 6. The summed E-state index contributed by atoms with van der Waals surface area (Å²) in [6.07, 6.45) is 4.40. The maximum absolute atomic E-state index is 12.4. The minimum absolute atomic E-state index is 0.225. The van der Waals surface area contributed by atoms with E-state index >= 15 is 0 Å². The van der Waals surface area contributed by atoms with Crippen LogP contribution < -0.4 is 11.1 Å². The number of nitrogens with two attached hydrogens (primary N) is 1. The van der Waals surface area contributed by atoms with E-state index < -0.39 is 16.9 Å². The summed E-state index contributed by atoms with van der Waals surface area (Å²) in [5, 5.41) is 12.4. The third-order valence-corrected chi connectivity index (χ3v) is 5.08. The van der Waals surface area contributed by atoms with Crippen molar-refractivity contribution in [3.63, 3.8) is 0 Å². The summed E-state index contributed by atoms with van der Waals surface area (Å²) in [7, 11) is 0. The summed E-state index contributed by atoms with van der Waals surface area (Å²) in [6.45, 7) is 6.03. The maximum Gasteiger partial charge on any atom is 0.329 e. The van der Waals surface area contributed by atoms with Crippen molar-refractivity contribution in [2.75, 3.05) is 6.54 Å². The van der Waals surface area contributed by atoms with Crippen LogP contribution in [0.2, 0.25) is 0 Å². The molecular weight excluding hydrogens is 256 g/mol. The van der Waals surface area contributed by atoms with Gasteiger partial charge < -0.3 is 16.2 Å². The van der Waals surface area contributed by atoms with Crippen molar-refractivity contribution in [3.8, 4) is 0 Å². The molecule has 0 aliphatic heterocycles. The SMILES string of the molecule is CCC1CCC(NC(=O)C(C)(CC)CN)(C(=O)O)CC1. The molecule has 0 aromatic carbocycles. The number of hydrogen-bond acceptors (Lipinski definition) is 3. The lowest BCUT2D eigenvalue weighted by Gasteiger charge is -2.39. The van der Waals surface area contributed by atoms with Crippen LogP contribution in [-0.4, -0.2) is 29.1 Å². The third-order valence-electron chi connectivity index (χ3n) is 5.08. The summed E-state index contributed by atoms with van der Waals surface area (Å²) in [4.78, 5) is 24.1. The van der Waals surface area contributed by atoms with Gasteiger partial charge in [-0.15, -0.1) is 0 Å². The highest BCUT2D eigenvalue weighted by atomic mass is 16.4. The molecule has 1 fully saturated rings. The van der Waals surface area contributed by atoms with Crippen molar-refractivity contribution in [2.45, 2.75) is 64.8 Å². The number of hydrogen-bond donors (Lipinski definition) is 3. The van der Waals surface area contributed by atoms with Gasteiger partial charge in [-0.05, 0) is 44.9 Å². The third kappa shape index (κ3) is 3.32. The average Bonchev–Trinajstić information content (AvgIpc) is 2.46. The summed E-state index contributed by atoms with van der Waals surface area (Å²) in [6, 6.07) is 0. The van der Waals surface area contributed by atoms with Gasteiger partial charge in [-0.25, -0.2) is 4.79 Å². The van der Waals surface area contributed by atoms with E-state index in [-0.39, 0.29) is 12.5 Å². The Labute approximate surface area is 121 Å². The first-order chi connectivity index (χ1) is 9.33. The Morgan fingerprint density at radius 1 is 1.35 bits per heavy atom. The van der Waals surface area contributed by atoms with Gasteiger partial charge in [-0.2, -0.15) is 0 Å². The largest absolute Gasteiger partial charge is 0.480 e. The van der Waals surface area contributed by atoms with Gasteiger partial charge in [0.05, 0.1) is 5.41 Å². The number of nitrogens with one attached hydrogen (secondary N) is 1. The quantitative estimate of drug-likeness (QED) is 0.694. The molecule has 0 bridgehead atoms. The Morgan fingerprint density at radius 3 is 2.25 bits per heavy atom. The van der Waals surface area contributed by atoms with Crippen molar-refractivity contribution in [3.05, 3.63) is 0 Å². The second-order valence-electron chi connectivity index (χ2n) is 6.31. The molecule has 1 rings (SSSR count). The Kier molecular flexibility index (Phi) is 5.57. The van der Waals surface area contributed by atoms with Crippen LogP contribution in [0.15, 0.2) is 0 Å². The lowest BCUT2D eigenvalue weighted by atomic mass is 9.74. The molecule has 0 aromatic rings. The molecular formula is C15H28N2O3. The fourth-order valence-corrected chi connectivity index (χ4v) is 2.74. The van der Waals surface area contributed by atoms with Crippen LogP contribution in [0.3, 0.4) is 0 Å². The monoisotopic (exact) mass is 284 g/mol. The molecule has 1 atom stereocenters. The summed E-state index contributed by atoms with van der Waals surface area (Å²) in [5.74, 6) is -0.581. The first kappa shape index (κ1) is 17.0. The summed E-state index contributed by atoms with van der Waals surface area (Å²) >= 11 is 0. The van der Waals surface area contributed by atoms with Gasteiger partial charge in [0, 0.05) is 6.54 Å². The topological polar surface area (TPSA) is 92.4 Å². The molecule has 0 spiro atoms. The molecule has 116 valence electrons. The lowest BCUT2D eigenvalue weighted by Crippen LogP contribution is -2.60. The van der Waals surface area contributed by atoms with Crippen LogP contribution in [0.5, 0.6) is 0 Å². The van der Waals surface area contributed by atoms with Gasteiger partial charge >= 0.3 is 5.97 Å². The number of carboxylic acids is 1. The minimum Gasteiger partial charge on any atom is -0.480 e. The fourth-order valence-electron chi connectivity index (χ4n) is 2.74. The van der Waals surface area contributed by atoms with E-state index in [0.717, 1.165) is 19.3 Å². The zero-order valence-corrected chi connectivity index (χ0v) is 12.9. The van der Waals surface area contributed by atoms with E-state index in [9.17, 15) is 14.7 Å². The summed E-state index contributed by atoms with van der Waals surface area (Å²) < 4.78 is 0. The lowest BCUT2D eigenvalue weighted by molar-refractivity contribution is -0.151. The molecule has 1 saturated carbocycles. The zero-order valence-electron chi connectivity index (χ0n) is 12.9. The molecule has 20 heavy (non-hydrogen) atoms. The minimum atomic E-state index is -1.10. The predicted octanol–water partition coefficient (Wildman–Crippen LogP) is 1.90. The van der Waals surface area contributed by atoms with Gasteiger partial charge in [-0.3, -0.25) is 4.79 Å². The Hall–Kier alpha value is -1.10. The first-order valence-electron chi connectivity index (χ1n) is 7.59. The number of amides is 1.